The molecule has 27 heavy (non-hydrogen) atoms. The molecule has 3 aromatic rings. The van der Waals surface area contributed by atoms with Crippen LogP contribution in [0.1, 0.15) is 25.0 Å². The molecule has 2 aromatic heterocycles. The van der Waals surface area contributed by atoms with Crippen molar-refractivity contribution in [3.63, 3.8) is 0 Å². The number of hydrogen-bond acceptors (Lipinski definition) is 6. The largest absolute Gasteiger partial charge is 0.508 e. The fraction of sp³-hybridized carbons (Fsp3) is 0.316. The van der Waals surface area contributed by atoms with Crippen LogP contribution in [0.15, 0.2) is 24.5 Å². The van der Waals surface area contributed by atoms with Crippen molar-refractivity contribution in [2.24, 2.45) is 0 Å². The van der Waals surface area contributed by atoms with Crippen molar-refractivity contribution in [3.8, 4) is 17.0 Å². The van der Waals surface area contributed by atoms with E-state index in [1.807, 2.05) is 20.8 Å². The summed E-state index contributed by atoms with van der Waals surface area (Å²) in [6, 6.07) is 4.90. The number of nitrogens with zero attached hydrogens (tertiary/aromatic N) is 3. The first-order chi connectivity index (χ1) is 12.9. The molecule has 0 unspecified atom stereocenters. The lowest BCUT2D eigenvalue weighted by Crippen LogP contribution is -2.12. The van der Waals surface area contributed by atoms with Gasteiger partial charge in [-0.05, 0) is 31.5 Å². The number of benzene rings is 1. The van der Waals surface area contributed by atoms with Crippen LogP contribution < -0.4 is 11.1 Å². The second-order valence-corrected chi connectivity index (χ2v) is 5.68. The molecule has 0 saturated carbocycles. The summed E-state index contributed by atoms with van der Waals surface area (Å²) >= 11 is 0. The number of phenols is 1. The molecule has 0 amide bonds. The lowest BCUT2D eigenvalue weighted by atomic mass is 9.97. The van der Waals surface area contributed by atoms with Gasteiger partial charge in [0.05, 0.1) is 12.2 Å². The van der Waals surface area contributed by atoms with Gasteiger partial charge in [0.1, 0.15) is 29.2 Å². The maximum absolute atomic E-state index is 12.5. The summed E-state index contributed by atoms with van der Waals surface area (Å²) in [7, 11) is 0. The third-order valence-electron chi connectivity index (χ3n) is 3.97. The molecule has 0 spiro atoms. The van der Waals surface area contributed by atoms with Gasteiger partial charge in [-0.15, -0.1) is 0 Å². The number of hydrogen-bond donors (Lipinski definition) is 3. The van der Waals surface area contributed by atoms with Crippen LogP contribution >= 0.6 is 0 Å². The van der Waals surface area contributed by atoms with E-state index >= 15 is 0 Å². The zero-order valence-electron chi connectivity index (χ0n) is 15.7. The van der Waals surface area contributed by atoms with Gasteiger partial charge in [-0.3, -0.25) is 0 Å². The number of aryl methyl sites for hydroxylation is 1. The van der Waals surface area contributed by atoms with E-state index in [4.69, 9.17) is 5.73 Å². The number of aromatic nitrogens is 3. The predicted molar refractivity (Wildman–Crippen MR) is 104 cm³/mol. The number of alkyl halides is 2. The van der Waals surface area contributed by atoms with E-state index in [0.29, 0.717) is 27.7 Å². The molecule has 0 atom stereocenters. The predicted octanol–water partition coefficient (Wildman–Crippen LogP) is 4.30. The molecule has 6 nitrogen and oxygen atoms in total. The Kier molecular flexibility index (Phi) is 6.44. The van der Waals surface area contributed by atoms with Gasteiger partial charge in [0.25, 0.3) is 6.43 Å². The van der Waals surface area contributed by atoms with Crippen molar-refractivity contribution in [2.45, 2.75) is 34.1 Å². The Labute approximate surface area is 156 Å². The van der Waals surface area contributed by atoms with Crippen LogP contribution in [0, 0.1) is 13.8 Å². The average molecular weight is 375 g/mol. The number of fused-ring (bicyclic) bond motifs is 1. The molecule has 0 saturated heterocycles. The van der Waals surface area contributed by atoms with Crippen LogP contribution in [-0.4, -0.2) is 33.0 Å². The monoisotopic (exact) mass is 375 g/mol. The maximum Gasteiger partial charge on any atom is 0.255 e. The van der Waals surface area contributed by atoms with Crippen molar-refractivity contribution >= 4 is 22.5 Å². The molecule has 0 bridgehead atoms. The summed E-state index contributed by atoms with van der Waals surface area (Å²) in [5.74, 6) is 0.583. The van der Waals surface area contributed by atoms with E-state index in [-0.39, 0.29) is 17.4 Å². The minimum atomic E-state index is -2.52. The molecular weight excluding hydrogens is 352 g/mol. The van der Waals surface area contributed by atoms with Gasteiger partial charge < -0.3 is 16.2 Å². The average Bonchev–Trinajstić information content (AvgIpc) is 2.65. The maximum atomic E-state index is 12.5. The lowest BCUT2D eigenvalue weighted by molar-refractivity contribution is 0.163. The topological polar surface area (TPSA) is 97.0 Å². The normalized spacial score (nSPS) is 10.6. The highest BCUT2D eigenvalue weighted by atomic mass is 19.3. The Morgan fingerprint density at radius 2 is 1.89 bits per heavy atom. The quantitative estimate of drug-likeness (QED) is 0.629. The first kappa shape index (κ1) is 20.3. The molecule has 2 heterocycles. The van der Waals surface area contributed by atoms with Crippen LogP contribution in [0.5, 0.6) is 5.75 Å². The fourth-order valence-corrected chi connectivity index (χ4v) is 2.73. The third kappa shape index (κ3) is 4.21. The fourth-order valence-electron chi connectivity index (χ4n) is 2.73. The second kappa shape index (κ2) is 8.57. The number of nitrogen functional groups attached to an aromatic ring is 1. The van der Waals surface area contributed by atoms with Crippen molar-refractivity contribution in [2.75, 3.05) is 17.6 Å². The lowest BCUT2D eigenvalue weighted by Gasteiger charge is -2.15. The van der Waals surface area contributed by atoms with Crippen molar-refractivity contribution in [1.82, 2.24) is 15.0 Å². The van der Waals surface area contributed by atoms with Crippen molar-refractivity contribution in [3.05, 3.63) is 35.7 Å². The van der Waals surface area contributed by atoms with Gasteiger partial charge in [0.2, 0.25) is 0 Å². The Bertz CT molecular complexity index is 947. The van der Waals surface area contributed by atoms with Gasteiger partial charge in [0.15, 0.2) is 0 Å². The van der Waals surface area contributed by atoms with Crippen LogP contribution in [0.25, 0.3) is 22.2 Å². The molecule has 0 radical (unpaired) electrons. The Balaban J connectivity index is 0.00000126. The van der Waals surface area contributed by atoms with Gasteiger partial charge >= 0.3 is 0 Å². The number of phenolic OH excluding ortho intramolecular Hbond substituents is 1. The van der Waals surface area contributed by atoms with Gasteiger partial charge in [0, 0.05) is 16.5 Å². The van der Waals surface area contributed by atoms with E-state index in [9.17, 15) is 13.9 Å². The molecule has 0 fully saturated rings. The van der Waals surface area contributed by atoms with Crippen LogP contribution in [0.3, 0.4) is 0 Å². The highest BCUT2D eigenvalue weighted by Crippen LogP contribution is 2.36. The number of aromatic hydroxyl groups is 1. The first-order valence-corrected chi connectivity index (χ1v) is 8.61. The molecule has 4 N–H and O–H groups in total. The van der Waals surface area contributed by atoms with Crippen molar-refractivity contribution in [1.29, 1.82) is 0 Å². The van der Waals surface area contributed by atoms with E-state index in [1.165, 1.54) is 6.33 Å². The minimum Gasteiger partial charge on any atom is -0.508 e. The first-order valence-electron chi connectivity index (χ1n) is 8.61. The molecule has 144 valence electrons. The molecule has 8 heteroatoms. The van der Waals surface area contributed by atoms with Gasteiger partial charge in [-0.25, -0.2) is 23.7 Å². The van der Waals surface area contributed by atoms with E-state index < -0.39 is 13.0 Å². The van der Waals surface area contributed by atoms with E-state index in [0.717, 1.165) is 5.56 Å². The summed E-state index contributed by atoms with van der Waals surface area (Å²) < 4.78 is 25.1. The molecule has 3 rings (SSSR count). The number of rotatable bonds is 4. The Morgan fingerprint density at radius 1 is 1.19 bits per heavy atom. The van der Waals surface area contributed by atoms with Crippen molar-refractivity contribution < 1.29 is 13.9 Å². The smallest absolute Gasteiger partial charge is 0.255 e. The number of nitrogens with one attached hydrogen (secondary N) is 1. The van der Waals surface area contributed by atoms with E-state index in [2.05, 4.69) is 20.3 Å². The summed E-state index contributed by atoms with van der Waals surface area (Å²) in [5.41, 5.74) is 9.05. The summed E-state index contributed by atoms with van der Waals surface area (Å²) in [5, 5.41) is 13.2. The highest BCUT2D eigenvalue weighted by Gasteiger charge is 2.18. The Hall–Kier alpha value is -3.03. The summed E-state index contributed by atoms with van der Waals surface area (Å²) in [6.07, 6.45) is -1.20. The Morgan fingerprint density at radius 3 is 2.56 bits per heavy atom. The molecule has 1 aromatic carbocycles. The summed E-state index contributed by atoms with van der Waals surface area (Å²) in [6.45, 7) is 7.09. The zero-order chi connectivity index (χ0) is 20.1. The SMILES string of the molecule is CC.Cc1ccc(O)c(C)c1-c1nc(NCC(F)F)cc2c(N)ncnc12. The highest BCUT2D eigenvalue weighted by molar-refractivity contribution is 5.99. The van der Waals surface area contributed by atoms with Crippen LogP contribution in [0.2, 0.25) is 0 Å². The number of halogens is 2. The second-order valence-electron chi connectivity index (χ2n) is 5.68. The molecule has 0 aliphatic heterocycles. The summed E-state index contributed by atoms with van der Waals surface area (Å²) in [4.78, 5) is 12.7. The van der Waals surface area contributed by atoms with Crippen LogP contribution in [0.4, 0.5) is 20.4 Å². The van der Waals surface area contributed by atoms with E-state index in [1.54, 1.807) is 25.1 Å². The zero-order valence-corrected chi connectivity index (χ0v) is 15.7. The number of nitrogens with two attached hydrogens (primary N) is 1. The standard InChI is InChI=1S/C17H17F2N5O.C2H6/c1-8-3-4-11(25)9(2)14(8)16-15-10(17(20)23-7-22-15)5-13(24-16)21-6-12(18)19;1-2/h3-5,7,12,25H,6H2,1-2H3,(H,21,24)(H2,20,22,23);1-2H3. The molecular formula is C19H23F2N5O. The number of pyridine rings is 1. The van der Waals surface area contributed by atoms with Crippen LogP contribution in [-0.2, 0) is 0 Å². The third-order valence-corrected chi connectivity index (χ3v) is 3.97. The molecule has 0 aliphatic carbocycles. The molecule has 0 aliphatic rings. The van der Waals surface area contributed by atoms with Gasteiger partial charge in [-0.1, -0.05) is 19.9 Å². The number of anilines is 2. The minimum absolute atomic E-state index is 0.114. The van der Waals surface area contributed by atoms with Gasteiger partial charge in [-0.2, -0.15) is 0 Å².